The van der Waals surface area contributed by atoms with Gasteiger partial charge in [-0.25, -0.2) is 4.39 Å². The van der Waals surface area contributed by atoms with Crippen LogP contribution >= 0.6 is 0 Å². The first-order valence-electron chi connectivity index (χ1n) is 14.0. The van der Waals surface area contributed by atoms with E-state index in [-0.39, 0.29) is 18.0 Å². The molecule has 3 rings (SSSR count). The van der Waals surface area contributed by atoms with Crippen LogP contribution in [0.1, 0.15) is 53.4 Å². The van der Waals surface area contributed by atoms with Crippen LogP contribution in [-0.4, -0.2) is 110 Å². The Labute approximate surface area is 216 Å². The second kappa shape index (κ2) is 14.1. The second-order valence-electron chi connectivity index (χ2n) is 11.3. The number of carbonyl (C=O) groups excluding carboxylic acids is 1. The van der Waals surface area contributed by atoms with Crippen LogP contribution in [0.15, 0.2) is 4.99 Å². The molecule has 3 aliphatic heterocycles. The van der Waals surface area contributed by atoms with Crippen molar-refractivity contribution in [3.63, 3.8) is 0 Å². The van der Waals surface area contributed by atoms with Crippen molar-refractivity contribution < 1.29 is 13.9 Å². The maximum atomic E-state index is 14.4. The number of amides is 1. The number of piperazine rings is 1. The molecule has 208 valence electrons. The SMILES string of the molecule is CCC(N=CC(F)CCC(C)C)C(C(=O)NC1CNCCC1N1CCN(C2COC2)C[C@H]1C)C(N)N. The van der Waals surface area contributed by atoms with Crippen molar-refractivity contribution in [1.29, 1.82) is 0 Å². The van der Waals surface area contributed by atoms with Crippen LogP contribution in [-0.2, 0) is 9.53 Å². The van der Waals surface area contributed by atoms with Crippen molar-refractivity contribution in [1.82, 2.24) is 20.4 Å². The fourth-order valence-corrected chi connectivity index (χ4v) is 5.76. The highest BCUT2D eigenvalue weighted by Gasteiger charge is 2.40. The number of rotatable bonds is 12. The fraction of sp³-hybridized carbons (Fsp3) is 0.923. The van der Waals surface area contributed by atoms with Gasteiger partial charge in [0.2, 0.25) is 5.91 Å². The second-order valence-corrected chi connectivity index (χ2v) is 11.3. The number of nitrogens with two attached hydrogens (primary N) is 2. The summed E-state index contributed by atoms with van der Waals surface area (Å²) >= 11 is 0. The fourth-order valence-electron chi connectivity index (χ4n) is 5.76. The van der Waals surface area contributed by atoms with Crippen molar-refractivity contribution in [2.24, 2.45) is 28.3 Å². The van der Waals surface area contributed by atoms with Crippen LogP contribution in [0.4, 0.5) is 4.39 Å². The van der Waals surface area contributed by atoms with E-state index in [1.54, 1.807) is 0 Å². The molecule has 36 heavy (non-hydrogen) atoms. The minimum atomic E-state index is -1.13. The van der Waals surface area contributed by atoms with Gasteiger partial charge in [-0.2, -0.15) is 0 Å². The van der Waals surface area contributed by atoms with E-state index in [2.05, 4.69) is 46.2 Å². The molecular weight excluding hydrogens is 461 g/mol. The summed E-state index contributed by atoms with van der Waals surface area (Å²) < 4.78 is 19.7. The van der Waals surface area contributed by atoms with Crippen molar-refractivity contribution >= 4 is 12.1 Å². The summed E-state index contributed by atoms with van der Waals surface area (Å²) in [4.78, 5) is 23.0. The summed E-state index contributed by atoms with van der Waals surface area (Å²) in [5.41, 5.74) is 12.2. The van der Waals surface area contributed by atoms with Gasteiger partial charge in [-0.1, -0.05) is 20.8 Å². The molecule has 3 aliphatic rings. The van der Waals surface area contributed by atoms with Gasteiger partial charge in [-0.3, -0.25) is 19.6 Å². The van der Waals surface area contributed by atoms with E-state index in [0.29, 0.717) is 37.4 Å². The highest BCUT2D eigenvalue weighted by atomic mass is 19.1. The first-order chi connectivity index (χ1) is 17.2. The van der Waals surface area contributed by atoms with Gasteiger partial charge < -0.3 is 26.8 Å². The lowest BCUT2D eigenvalue weighted by Gasteiger charge is -2.50. The molecular formula is C26H50FN7O2. The van der Waals surface area contributed by atoms with Crippen LogP contribution in [0.3, 0.4) is 0 Å². The standard InChI is InChI=1S/C26H50FN7O2/c1-5-21(31-12-19(27)7-6-17(2)3)24(25(28)29)26(35)32-22-13-30-9-8-23(22)34-11-10-33(14-18(34)4)20-15-36-16-20/h12,17-25,30H,5-11,13-16,28-29H2,1-4H3,(H,32,35)/t18-,19?,21?,22?,23?,24?/m1/s1. The summed E-state index contributed by atoms with van der Waals surface area (Å²) in [5.74, 6) is -0.466. The summed E-state index contributed by atoms with van der Waals surface area (Å²) in [5, 5.41) is 6.70. The van der Waals surface area contributed by atoms with Gasteiger partial charge in [-0.05, 0) is 45.1 Å². The van der Waals surface area contributed by atoms with Crippen LogP contribution in [0.2, 0.25) is 0 Å². The molecule has 0 bridgehead atoms. The Morgan fingerprint density at radius 1 is 1.28 bits per heavy atom. The molecule has 6 atom stereocenters. The van der Waals surface area contributed by atoms with Crippen LogP contribution in [0, 0.1) is 11.8 Å². The minimum Gasteiger partial charge on any atom is -0.378 e. The van der Waals surface area contributed by atoms with E-state index >= 15 is 0 Å². The minimum absolute atomic E-state index is 0.0463. The summed E-state index contributed by atoms with van der Waals surface area (Å²) in [6.07, 6.45) is 2.10. The predicted octanol–water partition coefficient (Wildman–Crippen LogP) is 0.721. The molecule has 0 saturated carbocycles. The lowest BCUT2D eigenvalue weighted by molar-refractivity contribution is -0.128. The highest BCUT2D eigenvalue weighted by Crippen LogP contribution is 2.23. The number of alkyl halides is 1. The van der Waals surface area contributed by atoms with E-state index in [1.807, 2.05) is 6.92 Å². The van der Waals surface area contributed by atoms with Crippen molar-refractivity contribution in [2.45, 2.75) is 95.9 Å². The van der Waals surface area contributed by atoms with Gasteiger partial charge in [0.1, 0.15) is 6.17 Å². The lowest BCUT2D eigenvalue weighted by Crippen LogP contribution is -2.67. The van der Waals surface area contributed by atoms with E-state index < -0.39 is 24.3 Å². The molecule has 10 heteroatoms. The third kappa shape index (κ3) is 7.91. The highest BCUT2D eigenvalue weighted by molar-refractivity contribution is 5.81. The molecule has 5 unspecified atom stereocenters. The van der Waals surface area contributed by atoms with Gasteiger partial charge >= 0.3 is 0 Å². The molecule has 6 N–H and O–H groups in total. The van der Waals surface area contributed by atoms with E-state index in [1.165, 1.54) is 6.21 Å². The Balaban J connectivity index is 1.62. The predicted molar refractivity (Wildman–Crippen MR) is 143 cm³/mol. The Kier molecular flexibility index (Phi) is 11.5. The monoisotopic (exact) mass is 511 g/mol. The quantitative estimate of drug-likeness (QED) is 0.225. The maximum absolute atomic E-state index is 14.4. The number of ether oxygens (including phenoxy) is 1. The molecule has 0 aliphatic carbocycles. The van der Waals surface area contributed by atoms with Crippen LogP contribution < -0.4 is 22.1 Å². The molecule has 3 saturated heterocycles. The Morgan fingerprint density at radius 2 is 2.03 bits per heavy atom. The van der Waals surface area contributed by atoms with E-state index in [0.717, 1.165) is 52.2 Å². The molecule has 1 amide bonds. The zero-order chi connectivity index (χ0) is 26.2. The molecule has 3 fully saturated rings. The Hall–Kier alpha value is -1.17. The van der Waals surface area contributed by atoms with Crippen molar-refractivity contribution in [2.75, 3.05) is 45.9 Å². The summed E-state index contributed by atoms with van der Waals surface area (Å²) in [6, 6.07) is 0.689. The Bertz CT molecular complexity index is 706. The summed E-state index contributed by atoms with van der Waals surface area (Å²) in [6.45, 7) is 14.7. The van der Waals surface area contributed by atoms with Gasteiger partial charge in [0.05, 0.1) is 43.4 Å². The molecule has 0 aromatic rings. The number of carbonyl (C=O) groups is 1. The van der Waals surface area contributed by atoms with Crippen molar-refractivity contribution in [3.05, 3.63) is 0 Å². The maximum Gasteiger partial charge on any atom is 0.228 e. The third-order valence-electron chi connectivity index (χ3n) is 8.06. The summed E-state index contributed by atoms with van der Waals surface area (Å²) in [7, 11) is 0. The van der Waals surface area contributed by atoms with Gasteiger partial charge in [0.25, 0.3) is 0 Å². The van der Waals surface area contributed by atoms with Gasteiger partial charge in [0.15, 0.2) is 0 Å². The largest absolute Gasteiger partial charge is 0.378 e. The molecule has 0 radical (unpaired) electrons. The number of aliphatic imine (C=N–C) groups is 1. The number of hydrogen-bond acceptors (Lipinski definition) is 8. The van der Waals surface area contributed by atoms with Gasteiger partial charge in [0, 0.05) is 44.5 Å². The first kappa shape index (κ1) is 29.4. The topological polar surface area (TPSA) is 121 Å². The molecule has 9 nitrogen and oxygen atoms in total. The average molecular weight is 512 g/mol. The average Bonchev–Trinajstić information content (AvgIpc) is 2.79. The number of halogens is 1. The molecule has 0 spiro atoms. The molecule has 0 aromatic heterocycles. The number of hydrogen-bond donors (Lipinski definition) is 4. The zero-order valence-electron chi connectivity index (χ0n) is 22.7. The van der Waals surface area contributed by atoms with E-state index in [9.17, 15) is 9.18 Å². The Morgan fingerprint density at radius 3 is 2.61 bits per heavy atom. The molecule has 3 heterocycles. The van der Waals surface area contributed by atoms with Crippen LogP contribution in [0.5, 0.6) is 0 Å². The zero-order valence-corrected chi connectivity index (χ0v) is 22.7. The third-order valence-corrected chi connectivity index (χ3v) is 8.06. The first-order valence-corrected chi connectivity index (χ1v) is 14.0. The number of piperidine rings is 1. The number of nitrogens with zero attached hydrogens (tertiary/aromatic N) is 3. The van der Waals surface area contributed by atoms with Gasteiger partial charge in [-0.15, -0.1) is 0 Å². The van der Waals surface area contributed by atoms with E-state index in [4.69, 9.17) is 16.2 Å². The number of nitrogens with one attached hydrogen (secondary N) is 2. The normalized spacial score (nSPS) is 29.4. The van der Waals surface area contributed by atoms with Crippen molar-refractivity contribution in [3.8, 4) is 0 Å². The lowest BCUT2D eigenvalue weighted by atomic mass is 9.91. The smallest absolute Gasteiger partial charge is 0.228 e. The molecule has 0 aromatic carbocycles. The van der Waals surface area contributed by atoms with Crippen LogP contribution in [0.25, 0.3) is 0 Å².